The number of hydrogen-bond acceptors (Lipinski definition) is 5. The first-order valence-electron chi connectivity index (χ1n) is 11.0. The summed E-state index contributed by atoms with van der Waals surface area (Å²) in [6.07, 6.45) is 12.7. The summed E-state index contributed by atoms with van der Waals surface area (Å²) in [4.78, 5) is 26.5. The average molecular weight is 403 g/mol. The molecule has 0 aromatic carbocycles. The molecule has 5 fully saturated rings. The van der Waals surface area contributed by atoms with Gasteiger partial charge in [0, 0.05) is 18.4 Å². The van der Waals surface area contributed by atoms with Gasteiger partial charge in [-0.2, -0.15) is 0 Å². The van der Waals surface area contributed by atoms with Gasteiger partial charge in [0.25, 0.3) is 0 Å². The van der Waals surface area contributed by atoms with Crippen molar-refractivity contribution in [3.63, 3.8) is 0 Å². The fourth-order valence-electron chi connectivity index (χ4n) is 6.58. The summed E-state index contributed by atoms with van der Waals surface area (Å²) in [5.74, 6) is 2.55. The highest BCUT2D eigenvalue weighted by atomic mass is 32.1. The predicted molar refractivity (Wildman–Crippen MR) is 108 cm³/mol. The van der Waals surface area contributed by atoms with Crippen LogP contribution in [-0.4, -0.2) is 40.0 Å². The molecular formula is C21H30N4O2S. The molecule has 2 amide bonds. The Labute approximate surface area is 170 Å². The Morgan fingerprint density at radius 2 is 1.71 bits per heavy atom. The van der Waals surface area contributed by atoms with Gasteiger partial charge in [0.15, 0.2) is 0 Å². The quantitative estimate of drug-likeness (QED) is 0.832. The zero-order valence-electron chi connectivity index (χ0n) is 16.5. The first-order valence-corrected chi connectivity index (χ1v) is 11.8. The number of rotatable bonds is 4. The maximum absolute atomic E-state index is 12.5. The fraction of sp³-hybridized carbons (Fsp3) is 0.810. The minimum atomic E-state index is -0.151. The summed E-state index contributed by atoms with van der Waals surface area (Å²) in [5, 5.41) is 13.4. The molecule has 1 aliphatic heterocycles. The van der Waals surface area contributed by atoms with Gasteiger partial charge < -0.3 is 4.90 Å². The van der Waals surface area contributed by atoms with Gasteiger partial charge >= 0.3 is 0 Å². The molecule has 152 valence electrons. The summed E-state index contributed by atoms with van der Waals surface area (Å²) >= 11 is 1.56. The Morgan fingerprint density at radius 3 is 2.43 bits per heavy atom. The highest BCUT2D eigenvalue weighted by Crippen LogP contribution is 2.61. The molecule has 7 heteroatoms. The molecular weight excluding hydrogens is 372 g/mol. The van der Waals surface area contributed by atoms with Crippen LogP contribution < -0.4 is 5.32 Å². The number of nitrogens with zero attached hydrogens (tertiary/aromatic N) is 3. The number of carbonyl (C=O) groups excluding carboxylic acids is 2. The average Bonchev–Trinajstić information content (AvgIpc) is 3.10. The minimum absolute atomic E-state index is 0.0985. The first kappa shape index (κ1) is 18.5. The molecule has 28 heavy (non-hydrogen) atoms. The lowest BCUT2D eigenvalue weighted by Crippen LogP contribution is -2.48. The molecule has 4 bridgehead atoms. The standard InChI is InChI=1S/C21H30N4O2S/c26-17(13-25-6-4-2-1-3-5-18(25)27)22-20-24-23-19(28-20)21-10-14-7-15(11-21)9-16(8-14)12-21/h14-16H,1-13H2,(H,22,24,26). The number of hydrogen-bond donors (Lipinski definition) is 1. The summed E-state index contributed by atoms with van der Waals surface area (Å²) in [5.41, 5.74) is 0.217. The molecule has 1 aromatic heterocycles. The molecule has 0 spiro atoms. The number of likely N-dealkylation sites (tertiary alicyclic amines) is 1. The van der Waals surface area contributed by atoms with Crippen LogP contribution in [0.2, 0.25) is 0 Å². The van der Waals surface area contributed by atoms with E-state index in [4.69, 9.17) is 0 Å². The molecule has 0 radical (unpaired) electrons. The van der Waals surface area contributed by atoms with Crippen molar-refractivity contribution in [2.75, 3.05) is 18.4 Å². The molecule has 5 aliphatic rings. The fourth-order valence-corrected chi connectivity index (χ4v) is 7.55. The second-order valence-electron chi connectivity index (χ2n) is 9.64. The van der Waals surface area contributed by atoms with Crippen molar-refractivity contribution in [1.82, 2.24) is 15.1 Å². The number of anilines is 1. The van der Waals surface area contributed by atoms with Gasteiger partial charge in [-0.15, -0.1) is 10.2 Å². The van der Waals surface area contributed by atoms with Gasteiger partial charge in [0.2, 0.25) is 16.9 Å². The van der Waals surface area contributed by atoms with Crippen LogP contribution in [0, 0.1) is 17.8 Å². The number of carbonyl (C=O) groups is 2. The van der Waals surface area contributed by atoms with E-state index in [0.29, 0.717) is 18.1 Å². The summed E-state index contributed by atoms with van der Waals surface area (Å²) in [6, 6.07) is 0. The number of nitrogens with one attached hydrogen (secondary N) is 1. The van der Waals surface area contributed by atoms with Crippen LogP contribution in [-0.2, 0) is 15.0 Å². The van der Waals surface area contributed by atoms with Gasteiger partial charge in [-0.05, 0) is 69.1 Å². The SMILES string of the molecule is O=C(CN1CCCCCCC1=O)Nc1nnc(C23CC4CC(CC(C4)C2)C3)s1. The van der Waals surface area contributed by atoms with Crippen molar-refractivity contribution in [2.45, 2.75) is 76.0 Å². The molecule has 1 saturated heterocycles. The van der Waals surface area contributed by atoms with E-state index < -0.39 is 0 Å². The van der Waals surface area contributed by atoms with Crippen molar-refractivity contribution in [3.8, 4) is 0 Å². The normalized spacial score (nSPS) is 34.9. The van der Waals surface area contributed by atoms with Crippen molar-refractivity contribution < 1.29 is 9.59 Å². The van der Waals surface area contributed by atoms with Gasteiger partial charge in [0.05, 0.1) is 6.54 Å². The maximum atomic E-state index is 12.5. The lowest BCUT2D eigenvalue weighted by Gasteiger charge is -2.55. The zero-order chi connectivity index (χ0) is 19.1. The van der Waals surface area contributed by atoms with E-state index in [1.165, 1.54) is 38.5 Å². The maximum Gasteiger partial charge on any atom is 0.245 e. The Morgan fingerprint density at radius 1 is 1.04 bits per heavy atom. The minimum Gasteiger partial charge on any atom is -0.333 e. The second kappa shape index (κ2) is 7.39. The molecule has 0 atom stereocenters. The van der Waals surface area contributed by atoms with Crippen LogP contribution in [0.5, 0.6) is 0 Å². The van der Waals surface area contributed by atoms with E-state index >= 15 is 0 Å². The zero-order valence-corrected chi connectivity index (χ0v) is 17.3. The largest absolute Gasteiger partial charge is 0.333 e. The van der Waals surface area contributed by atoms with Crippen LogP contribution in [0.1, 0.15) is 75.6 Å². The molecule has 1 N–H and O–H groups in total. The van der Waals surface area contributed by atoms with E-state index in [-0.39, 0.29) is 23.8 Å². The van der Waals surface area contributed by atoms with E-state index in [2.05, 4.69) is 15.5 Å². The molecule has 6 rings (SSSR count). The lowest BCUT2D eigenvalue weighted by molar-refractivity contribution is -0.135. The van der Waals surface area contributed by atoms with Gasteiger partial charge in [-0.1, -0.05) is 24.2 Å². The summed E-state index contributed by atoms with van der Waals surface area (Å²) < 4.78 is 0. The first-order chi connectivity index (χ1) is 13.6. The number of amides is 2. The summed E-state index contributed by atoms with van der Waals surface area (Å²) in [6.45, 7) is 0.812. The molecule has 4 aliphatic carbocycles. The Balaban J connectivity index is 1.23. The number of aromatic nitrogens is 2. The van der Waals surface area contributed by atoms with Crippen LogP contribution in [0.15, 0.2) is 0 Å². The Bertz CT molecular complexity index is 726. The molecule has 4 saturated carbocycles. The molecule has 2 heterocycles. The molecule has 6 nitrogen and oxygen atoms in total. The molecule has 0 unspecified atom stereocenters. The van der Waals surface area contributed by atoms with Crippen molar-refractivity contribution in [2.24, 2.45) is 17.8 Å². The van der Waals surface area contributed by atoms with Crippen molar-refractivity contribution in [3.05, 3.63) is 5.01 Å². The highest BCUT2D eigenvalue weighted by Gasteiger charge is 2.53. The van der Waals surface area contributed by atoms with Gasteiger partial charge in [0.1, 0.15) is 5.01 Å². The van der Waals surface area contributed by atoms with E-state index in [9.17, 15) is 9.59 Å². The van der Waals surface area contributed by atoms with Crippen LogP contribution in [0.3, 0.4) is 0 Å². The Hall–Kier alpha value is -1.50. The lowest BCUT2D eigenvalue weighted by atomic mass is 9.50. The van der Waals surface area contributed by atoms with E-state index in [0.717, 1.165) is 48.4 Å². The summed E-state index contributed by atoms with van der Waals surface area (Å²) in [7, 11) is 0. The van der Waals surface area contributed by atoms with Crippen LogP contribution in [0.25, 0.3) is 0 Å². The second-order valence-corrected chi connectivity index (χ2v) is 10.6. The Kier molecular flexibility index (Phi) is 4.89. The van der Waals surface area contributed by atoms with Crippen molar-refractivity contribution >= 4 is 28.3 Å². The van der Waals surface area contributed by atoms with E-state index in [1.54, 1.807) is 16.2 Å². The third kappa shape index (κ3) is 3.58. The molecule has 1 aromatic rings. The monoisotopic (exact) mass is 402 g/mol. The smallest absolute Gasteiger partial charge is 0.245 e. The topological polar surface area (TPSA) is 75.2 Å². The van der Waals surface area contributed by atoms with Crippen LogP contribution >= 0.6 is 11.3 Å². The van der Waals surface area contributed by atoms with Crippen molar-refractivity contribution in [1.29, 1.82) is 0 Å². The predicted octanol–water partition coefficient (Wildman–Crippen LogP) is 3.74. The highest BCUT2D eigenvalue weighted by molar-refractivity contribution is 7.15. The van der Waals surface area contributed by atoms with Gasteiger partial charge in [-0.25, -0.2) is 0 Å². The van der Waals surface area contributed by atoms with Crippen LogP contribution in [0.4, 0.5) is 5.13 Å². The third-order valence-corrected chi connectivity index (χ3v) is 8.50. The third-order valence-electron chi connectivity index (χ3n) is 7.42. The van der Waals surface area contributed by atoms with Gasteiger partial charge in [-0.3, -0.25) is 14.9 Å². The van der Waals surface area contributed by atoms with E-state index in [1.807, 2.05) is 0 Å².